The number of carbonyl (C=O) groups is 2. The first kappa shape index (κ1) is 18.7. The van der Waals surface area contributed by atoms with Crippen molar-refractivity contribution in [2.45, 2.75) is 59.0 Å². The van der Waals surface area contributed by atoms with Crippen molar-refractivity contribution in [3.8, 4) is 0 Å². The van der Waals surface area contributed by atoms with Crippen LogP contribution in [0, 0.1) is 12.3 Å². The van der Waals surface area contributed by atoms with Crippen molar-refractivity contribution in [3.63, 3.8) is 0 Å². The van der Waals surface area contributed by atoms with E-state index in [0.29, 0.717) is 26.1 Å². The van der Waals surface area contributed by atoms with Gasteiger partial charge in [-0.3, -0.25) is 14.4 Å². The molecule has 2 saturated heterocycles. The smallest absolute Gasteiger partial charge is 0.250 e. The van der Waals surface area contributed by atoms with E-state index in [1.807, 2.05) is 22.8 Å². The third kappa shape index (κ3) is 3.41. The second-order valence-corrected chi connectivity index (χ2v) is 7.95. The highest BCUT2D eigenvalue weighted by molar-refractivity contribution is 5.86. The monoisotopic (exact) mass is 359 g/mol. The standard InChI is InChI=1S/C20H29N3O3/c1-15(2)22-11-5-9-20(19(22)26)10-13-21(14-20)17(24)8-12-23-16(3)6-4-7-18(23)25/h4,6-7,15H,5,8-14H2,1-3H3/t20-/m0/s1. The Morgan fingerprint density at radius 1 is 1.19 bits per heavy atom. The molecule has 0 unspecified atom stereocenters. The van der Waals surface area contributed by atoms with Crippen molar-refractivity contribution in [3.05, 3.63) is 34.2 Å². The molecule has 26 heavy (non-hydrogen) atoms. The van der Waals surface area contributed by atoms with Gasteiger partial charge in [-0.15, -0.1) is 0 Å². The van der Waals surface area contributed by atoms with E-state index in [1.165, 1.54) is 6.07 Å². The maximum absolute atomic E-state index is 13.0. The molecular formula is C20H29N3O3. The third-order valence-electron chi connectivity index (χ3n) is 5.92. The topological polar surface area (TPSA) is 62.6 Å². The maximum Gasteiger partial charge on any atom is 0.250 e. The number of likely N-dealkylation sites (tertiary alicyclic amines) is 2. The zero-order valence-electron chi connectivity index (χ0n) is 16.0. The summed E-state index contributed by atoms with van der Waals surface area (Å²) in [6, 6.07) is 5.33. The average Bonchev–Trinajstić information content (AvgIpc) is 3.02. The Kier molecular flexibility index (Phi) is 5.21. The first-order valence-electron chi connectivity index (χ1n) is 9.59. The van der Waals surface area contributed by atoms with Crippen molar-refractivity contribution in [1.29, 1.82) is 0 Å². The van der Waals surface area contributed by atoms with Crippen LogP contribution in [-0.4, -0.2) is 51.9 Å². The molecule has 2 amide bonds. The molecule has 1 aromatic rings. The van der Waals surface area contributed by atoms with Crippen LogP contribution in [0.15, 0.2) is 23.0 Å². The maximum atomic E-state index is 13.0. The molecule has 0 N–H and O–H groups in total. The molecule has 6 nitrogen and oxygen atoms in total. The van der Waals surface area contributed by atoms with Crippen LogP contribution in [0.4, 0.5) is 0 Å². The van der Waals surface area contributed by atoms with Crippen molar-refractivity contribution in [1.82, 2.24) is 14.4 Å². The SMILES string of the molecule is Cc1cccc(=O)n1CCC(=O)N1CC[C@@]2(CCCN(C(C)C)C2=O)C1. The number of aryl methyl sites for hydroxylation is 1. The van der Waals surface area contributed by atoms with Crippen molar-refractivity contribution >= 4 is 11.8 Å². The van der Waals surface area contributed by atoms with Gasteiger partial charge in [-0.05, 0) is 46.1 Å². The highest BCUT2D eigenvalue weighted by Crippen LogP contribution is 2.40. The van der Waals surface area contributed by atoms with E-state index in [0.717, 1.165) is 31.5 Å². The fourth-order valence-electron chi connectivity index (χ4n) is 4.33. The van der Waals surface area contributed by atoms with Gasteiger partial charge in [0.1, 0.15) is 0 Å². The number of aromatic nitrogens is 1. The largest absolute Gasteiger partial charge is 0.342 e. The lowest BCUT2D eigenvalue weighted by Gasteiger charge is -2.41. The van der Waals surface area contributed by atoms with Gasteiger partial charge >= 0.3 is 0 Å². The van der Waals surface area contributed by atoms with Crippen LogP contribution in [-0.2, 0) is 16.1 Å². The molecule has 3 rings (SSSR count). The Morgan fingerprint density at radius 2 is 1.96 bits per heavy atom. The van der Waals surface area contributed by atoms with Gasteiger partial charge in [0.15, 0.2) is 0 Å². The van der Waals surface area contributed by atoms with Gasteiger partial charge in [0.2, 0.25) is 11.8 Å². The van der Waals surface area contributed by atoms with Gasteiger partial charge in [-0.2, -0.15) is 0 Å². The molecule has 1 atom stereocenters. The van der Waals surface area contributed by atoms with Crippen molar-refractivity contribution in [2.24, 2.45) is 5.41 Å². The molecule has 3 heterocycles. The van der Waals surface area contributed by atoms with Gasteiger partial charge in [0.05, 0.1) is 5.41 Å². The van der Waals surface area contributed by atoms with E-state index in [9.17, 15) is 14.4 Å². The van der Waals surface area contributed by atoms with E-state index >= 15 is 0 Å². The number of nitrogens with zero attached hydrogens (tertiary/aromatic N) is 3. The molecule has 0 aliphatic carbocycles. The first-order valence-corrected chi connectivity index (χ1v) is 9.59. The van der Waals surface area contributed by atoms with Gasteiger partial charge in [-0.1, -0.05) is 6.07 Å². The number of rotatable bonds is 4. The third-order valence-corrected chi connectivity index (χ3v) is 5.92. The summed E-state index contributed by atoms with van der Waals surface area (Å²) < 4.78 is 1.63. The normalized spacial score (nSPS) is 23.3. The number of piperidine rings is 1. The van der Waals surface area contributed by atoms with Crippen LogP contribution in [0.25, 0.3) is 0 Å². The molecule has 2 fully saturated rings. The van der Waals surface area contributed by atoms with Gasteiger partial charge in [-0.25, -0.2) is 0 Å². The molecule has 2 aliphatic rings. The molecule has 0 bridgehead atoms. The summed E-state index contributed by atoms with van der Waals surface area (Å²) in [5.74, 6) is 0.246. The van der Waals surface area contributed by atoms with Crippen LogP contribution < -0.4 is 5.56 Å². The zero-order valence-corrected chi connectivity index (χ0v) is 16.0. The number of amides is 2. The first-order chi connectivity index (χ1) is 12.3. The molecule has 6 heteroatoms. The molecule has 0 radical (unpaired) electrons. The minimum absolute atomic E-state index is 0.0338. The number of hydrogen-bond acceptors (Lipinski definition) is 3. The molecule has 0 saturated carbocycles. The summed E-state index contributed by atoms with van der Waals surface area (Å²) in [6.07, 6.45) is 2.93. The van der Waals surface area contributed by atoms with E-state index in [4.69, 9.17) is 0 Å². The summed E-state index contributed by atoms with van der Waals surface area (Å²) in [5.41, 5.74) is 0.390. The fraction of sp³-hybridized carbons (Fsp3) is 0.650. The number of hydrogen-bond donors (Lipinski definition) is 0. The summed E-state index contributed by atoms with van der Waals surface area (Å²) in [7, 11) is 0. The van der Waals surface area contributed by atoms with E-state index < -0.39 is 5.41 Å². The van der Waals surface area contributed by atoms with Crippen LogP contribution in [0.2, 0.25) is 0 Å². The Morgan fingerprint density at radius 3 is 2.65 bits per heavy atom. The lowest BCUT2D eigenvalue weighted by atomic mass is 9.78. The average molecular weight is 359 g/mol. The van der Waals surface area contributed by atoms with Crippen molar-refractivity contribution in [2.75, 3.05) is 19.6 Å². The summed E-state index contributed by atoms with van der Waals surface area (Å²) in [4.78, 5) is 41.4. The summed E-state index contributed by atoms with van der Waals surface area (Å²) >= 11 is 0. The summed E-state index contributed by atoms with van der Waals surface area (Å²) in [5, 5.41) is 0. The Bertz CT molecular complexity index is 755. The molecule has 2 aliphatic heterocycles. The zero-order chi connectivity index (χ0) is 18.9. The van der Waals surface area contributed by atoms with E-state index in [2.05, 4.69) is 13.8 Å². The molecule has 0 aromatic carbocycles. The van der Waals surface area contributed by atoms with Crippen LogP contribution >= 0.6 is 0 Å². The van der Waals surface area contributed by atoms with Gasteiger partial charge < -0.3 is 14.4 Å². The fourth-order valence-corrected chi connectivity index (χ4v) is 4.33. The highest BCUT2D eigenvalue weighted by atomic mass is 16.2. The number of pyridine rings is 1. The molecule has 142 valence electrons. The lowest BCUT2D eigenvalue weighted by Crippen LogP contribution is -2.52. The molecular weight excluding hydrogens is 330 g/mol. The van der Waals surface area contributed by atoms with Gasteiger partial charge in [0.25, 0.3) is 5.56 Å². The second-order valence-electron chi connectivity index (χ2n) is 7.95. The van der Waals surface area contributed by atoms with Crippen LogP contribution in [0.5, 0.6) is 0 Å². The highest BCUT2D eigenvalue weighted by Gasteiger charge is 2.49. The summed E-state index contributed by atoms with van der Waals surface area (Å²) in [6.45, 7) is 8.35. The predicted octanol–water partition coefficient (Wildman–Crippen LogP) is 1.80. The second kappa shape index (κ2) is 7.25. The Hall–Kier alpha value is -2.11. The quantitative estimate of drug-likeness (QED) is 0.823. The molecule has 1 spiro atoms. The van der Waals surface area contributed by atoms with Gasteiger partial charge in [0, 0.05) is 50.4 Å². The minimum atomic E-state index is -0.391. The van der Waals surface area contributed by atoms with E-state index in [1.54, 1.807) is 10.6 Å². The Balaban J connectivity index is 1.64. The van der Waals surface area contributed by atoms with E-state index in [-0.39, 0.29) is 23.4 Å². The molecule has 1 aromatic heterocycles. The van der Waals surface area contributed by atoms with Crippen molar-refractivity contribution < 1.29 is 9.59 Å². The lowest BCUT2D eigenvalue weighted by molar-refractivity contribution is -0.148. The van der Waals surface area contributed by atoms with Crippen LogP contribution in [0.1, 0.15) is 45.2 Å². The predicted molar refractivity (Wildman–Crippen MR) is 99.8 cm³/mol. The van der Waals surface area contributed by atoms with Crippen LogP contribution in [0.3, 0.4) is 0 Å². The Labute approximate surface area is 154 Å². The number of carbonyl (C=O) groups excluding carboxylic acids is 2. The minimum Gasteiger partial charge on any atom is -0.342 e.